The molecule has 1 heterocycles. The Hall–Kier alpha value is -1.79. The zero-order valence-corrected chi connectivity index (χ0v) is 12.9. The van der Waals surface area contributed by atoms with Crippen molar-refractivity contribution in [3.63, 3.8) is 0 Å². The molecule has 0 bridgehead atoms. The van der Waals surface area contributed by atoms with E-state index in [1.807, 2.05) is 37.1 Å². The van der Waals surface area contributed by atoms with E-state index in [9.17, 15) is 0 Å². The van der Waals surface area contributed by atoms with E-state index < -0.39 is 0 Å². The lowest BCUT2D eigenvalue weighted by molar-refractivity contribution is 0.320. The molecule has 0 saturated heterocycles. The van der Waals surface area contributed by atoms with Crippen LogP contribution >= 0.6 is 11.6 Å². The van der Waals surface area contributed by atoms with Gasteiger partial charge in [-0.2, -0.15) is 0 Å². The minimum Gasteiger partial charge on any atom is -0.491 e. The lowest BCUT2D eigenvalue weighted by Crippen LogP contribution is -2.24. The second-order valence-corrected chi connectivity index (χ2v) is 5.13. The monoisotopic (exact) mass is 310 g/mol. The fourth-order valence-corrected chi connectivity index (χ4v) is 2.01. The number of nitrogens with zero attached hydrogens (tertiary/aromatic N) is 3. The van der Waals surface area contributed by atoms with Crippen LogP contribution in [0.15, 0.2) is 22.6 Å². The number of aryl methyl sites for hydroxylation is 1. The van der Waals surface area contributed by atoms with Crippen LogP contribution < -0.4 is 15.4 Å². The summed E-state index contributed by atoms with van der Waals surface area (Å²) in [5.41, 5.74) is 6.45. The third-order valence-electron chi connectivity index (χ3n) is 2.96. The lowest BCUT2D eigenvalue weighted by atomic mass is 10.2. The zero-order valence-electron chi connectivity index (χ0n) is 12.2. The molecule has 0 aliphatic carbocycles. The first-order chi connectivity index (χ1) is 10.1. The van der Waals surface area contributed by atoms with E-state index in [0.717, 1.165) is 11.3 Å². The van der Waals surface area contributed by atoms with E-state index in [2.05, 4.69) is 10.2 Å². The fourth-order valence-electron chi connectivity index (χ4n) is 1.79. The molecule has 0 atom stereocenters. The number of aromatic nitrogens is 2. The van der Waals surface area contributed by atoms with Crippen LogP contribution in [0.3, 0.4) is 0 Å². The van der Waals surface area contributed by atoms with Crippen molar-refractivity contribution in [2.45, 2.75) is 13.3 Å². The third kappa shape index (κ3) is 4.34. The van der Waals surface area contributed by atoms with Gasteiger partial charge in [-0.05, 0) is 30.7 Å². The first-order valence-electron chi connectivity index (χ1n) is 6.72. The molecular weight excluding hydrogens is 292 g/mol. The average molecular weight is 311 g/mol. The summed E-state index contributed by atoms with van der Waals surface area (Å²) in [6.45, 7) is 3.59. The van der Waals surface area contributed by atoms with Crippen LogP contribution in [0.2, 0.25) is 5.02 Å². The van der Waals surface area contributed by atoms with Gasteiger partial charge in [0, 0.05) is 25.0 Å². The van der Waals surface area contributed by atoms with Crippen LogP contribution in [0.1, 0.15) is 11.5 Å². The summed E-state index contributed by atoms with van der Waals surface area (Å²) in [6.07, 6.45) is 0.585. The summed E-state index contributed by atoms with van der Waals surface area (Å²) < 4.78 is 11.2. The summed E-state index contributed by atoms with van der Waals surface area (Å²) in [5.74, 6) is 1.37. The summed E-state index contributed by atoms with van der Waals surface area (Å²) in [5, 5.41) is 8.60. The van der Waals surface area contributed by atoms with E-state index in [4.69, 9.17) is 26.5 Å². The molecule has 114 valence electrons. The summed E-state index contributed by atoms with van der Waals surface area (Å²) >= 11 is 5.91. The first kappa shape index (κ1) is 15.6. The van der Waals surface area contributed by atoms with Crippen molar-refractivity contribution in [3.05, 3.63) is 34.7 Å². The molecule has 2 aromatic rings. The van der Waals surface area contributed by atoms with Gasteiger partial charge >= 0.3 is 6.01 Å². The van der Waals surface area contributed by atoms with Gasteiger partial charge in [0.25, 0.3) is 0 Å². The summed E-state index contributed by atoms with van der Waals surface area (Å²) in [7, 11) is 1.87. The molecule has 6 nitrogen and oxygen atoms in total. The number of hydrogen-bond donors (Lipinski definition) is 1. The van der Waals surface area contributed by atoms with Gasteiger partial charge in [-0.25, -0.2) is 0 Å². The van der Waals surface area contributed by atoms with Crippen molar-refractivity contribution in [2.75, 3.05) is 31.6 Å². The van der Waals surface area contributed by atoms with E-state index in [-0.39, 0.29) is 0 Å². The number of halogens is 1. The molecule has 2 N–H and O–H groups in total. The number of ether oxygens (including phenoxy) is 1. The van der Waals surface area contributed by atoms with Crippen LogP contribution in [0.25, 0.3) is 0 Å². The normalized spacial score (nSPS) is 10.7. The highest BCUT2D eigenvalue weighted by atomic mass is 35.5. The van der Waals surface area contributed by atoms with Crippen molar-refractivity contribution in [2.24, 2.45) is 5.73 Å². The molecule has 0 aliphatic rings. The molecule has 0 amide bonds. The summed E-state index contributed by atoms with van der Waals surface area (Å²) in [6, 6.07) is 6.02. The van der Waals surface area contributed by atoms with Crippen LogP contribution in [-0.2, 0) is 6.42 Å². The molecule has 21 heavy (non-hydrogen) atoms. The molecule has 0 aliphatic heterocycles. The van der Waals surface area contributed by atoms with Gasteiger partial charge in [0.15, 0.2) is 0 Å². The minimum atomic E-state index is 0.467. The molecule has 0 unspecified atom stereocenters. The molecule has 2 rings (SSSR count). The first-order valence-corrected chi connectivity index (χ1v) is 7.10. The second-order valence-electron chi connectivity index (χ2n) is 4.70. The van der Waals surface area contributed by atoms with Crippen molar-refractivity contribution in [1.29, 1.82) is 0 Å². The van der Waals surface area contributed by atoms with Gasteiger partial charge in [-0.3, -0.25) is 0 Å². The number of nitrogens with two attached hydrogens (primary N) is 1. The number of anilines is 1. The number of likely N-dealkylation sites (N-methyl/N-ethyl adjacent to an activating group) is 1. The maximum Gasteiger partial charge on any atom is 0.317 e. The smallest absolute Gasteiger partial charge is 0.317 e. The minimum absolute atomic E-state index is 0.467. The van der Waals surface area contributed by atoms with E-state index in [1.54, 1.807) is 0 Å². The van der Waals surface area contributed by atoms with Crippen molar-refractivity contribution < 1.29 is 9.15 Å². The van der Waals surface area contributed by atoms with Gasteiger partial charge in [-0.1, -0.05) is 16.7 Å². The topological polar surface area (TPSA) is 77.4 Å². The van der Waals surface area contributed by atoms with E-state index >= 15 is 0 Å². The van der Waals surface area contributed by atoms with Gasteiger partial charge in [0.1, 0.15) is 12.4 Å². The van der Waals surface area contributed by atoms with E-state index in [0.29, 0.717) is 43.0 Å². The average Bonchev–Trinajstić information content (AvgIpc) is 2.90. The predicted octanol–water partition coefficient (Wildman–Crippen LogP) is 2.05. The SMILES string of the molecule is Cc1cc(Cl)ccc1OCCN(C)c1nnc(CCN)o1. The number of rotatable bonds is 7. The van der Waals surface area contributed by atoms with Crippen molar-refractivity contribution in [3.8, 4) is 5.75 Å². The largest absolute Gasteiger partial charge is 0.491 e. The van der Waals surface area contributed by atoms with Gasteiger partial charge in [0.05, 0.1) is 6.54 Å². The van der Waals surface area contributed by atoms with Gasteiger partial charge in [-0.15, -0.1) is 5.10 Å². The molecular formula is C14H19ClN4O2. The Balaban J connectivity index is 1.84. The molecule has 1 aromatic carbocycles. The van der Waals surface area contributed by atoms with Crippen LogP contribution in [0, 0.1) is 6.92 Å². The maximum absolute atomic E-state index is 5.91. The number of benzene rings is 1. The van der Waals surface area contributed by atoms with Crippen LogP contribution in [0.4, 0.5) is 6.01 Å². The lowest BCUT2D eigenvalue weighted by Gasteiger charge is -2.15. The van der Waals surface area contributed by atoms with Crippen molar-refractivity contribution in [1.82, 2.24) is 10.2 Å². The Labute approximate surface area is 128 Å². The molecule has 1 aromatic heterocycles. The standard InChI is InChI=1S/C14H19ClN4O2/c1-10-9-11(15)3-4-12(10)20-8-7-19(2)14-18-17-13(21-14)5-6-16/h3-4,9H,5-8,16H2,1-2H3. The summed E-state index contributed by atoms with van der Waals surface area (Å²) in [4.78, 5) is 1.85. The zero-order chi connectivity index (χ0) is 15.2. The third-order valence-corrected chi connectivity index (χ3v) is 3.20. The highest BCUT2D eigenvalue weighted by Gasteiger charge is 2.10. The molecule has 0 spiro atoms. The van der Waals surface area contributed by atoms with Crippen LogP contribution in [-0.4, -0.2) is 36.9 Å². The Morgan fingerprint density at radius 2 is 2.19 bits per heavy atom. The Bertz CT molecular complexity index is 588. The fraction of sp³-hybridized carbons (Fsp3) is 0.429. The second kappa shape index (κ2) is 7.28. The highest BCUT2D eigenvalue weighted by Crippen LogP contribution is 2.21. The molecule has 0 fully saturated rings. The van der Waals surface area contributed by atoms with Gasteiger partial charge < -0.3 is 19.8 Å². The Morgan fingerprint density at radius 3 is 2.90 bits per heavy atom. The predicted molar refractivity (Wildman–Crippen MR) is 82.0 cm³/mol. The number of hydrogen-bond acceptors (Lipinski definition) is 6. The molecule has 7 heteroatoms. The van der Waals surface area contributed by atoms with Crippen molar-refractivity contribution >= 4 is 17.6 Å². The van der Waals surface area contributed by atoms with Crippen LogP contribution in [0.5, 0.6) is 5.75 Å². The van der Waals surface area contributed by atoms with E-state index in [1.165, 1.54) is 0 Å². The molecule has 0 radical (unpaired) electrons. The highest BCUT2D eigenvalue weighted by molar-refractivity contribution is 6.30. The Morgan fingerprint density at radius 1 is 1.38 bits per heavy atom. The maximum atomic E-state index is 5.91. The Kier molecular flexibility index (Phi) is 5.41. The quantitative estimate of drug-likeness (QED) is 0.843. The molecule has 0 saturated carbocycles. The van der Waals surface area contributed by atoms with Gasteiger partial charge in [0.2, 0.25) is 5.89 Å².